The van der Waals surface area contributed by atoms with Crippen molar-refractivity contribution in [2.45, 2.75) is 33.2 Å². The molecular weight excluding hydrogens is 342 g/mol. The summed E-state index contributed by atoms with van der Waals surface area (Å²) < 4.78 is 1.04. The molecule has 1 heterocycles. The zero-order valence-corrected chi connectivity index (χ0v) is 14.6. The second-order valence-corrected chi connectivity index (χ2v) is 6.21. The van der Waals surface area contributed by atoms with E-state index >= 15 is 0 Å². The summed E-state index contributed by atoms with van der Waals surface area (Å²) in [5, 5.41) is 6.24. The fourth-order valence-electron chi connectivity index (χ4n) is 1.96. The number of aryl methyl sites for hydroxylation is 1. The highest BCUT2D eigenvalue weighted by Gasteiger charge is 2.10. The lowest BCUT2D eigenvalue weighted by Gasteiger charge is -2.13. The molecule has 0 aliphatic rings. The molecule has 2 rings (SSSR count). The van der Waals surface area contributed by atoms with E-state index in [1.54, 1.807) is 12.3 Å². The molecule has 2 N–H and O–H groups in total. The first kappa shape index (κ1) is 16.5. The lowest BCUT2D eigenvalue weighted by atomic mass is 10.2. The number of carbonyl (C=O) groups excluding carboxylic acids is 1. The first-order valence-electron chi connectivity index (χ1n) is 7.29. The molecule has 0 bridgehead atoms. The van der Waals surface area contributed by atoms with E-state index < -0.39 is 0 Å². The zero-order valence-electron chi connectivity index (χ0n) is 13.0. The van der Waals surface area contributed by atoms with E-state index in [4.69, 9.17) is 0 Å². The summed E-state index contributed by atoms with van der Waals surface area (Å²) in [7, 11) is 0. The summed E-state index contributed by atoms with van der Waals surface area (Å²) in [4.78, 5) is 16.3. The Kier molecular flexibility index (Phi) is 5.55. The number of nitrogens with zero attached hydrogens (tertiary/aromatic N) is 1. The van der Waals surface area contributed by atoms with E-state index in [0.717, 1.165) is 27.8 Å². The van der Waals surface area contributed by atoms with Crippen LogP contribution in [0.1, 0.15) is 36.3 Å². The quantitative estimate of drug-likeness (QED) is 0.828. The number of anilines is 2. The van der Waals surface area contributed by atoms with Crippen LogP contribution in [0.3, 0.4) is 0 Å². The SMILES string of the molecule is CCC(C)NC(=O)c1cc(Nc2ccc(Br)cc2C)ccn1. The Labute approximate surface area is 139 Å². The molecule has 1 aromatic carbocycles. The van der Waals surface area contributed by atoms with E-state index in [2.05, 4.69) is 31.5 Å². The highest BCUT2D eigenvalue weighted by Crippen LogP contribution is 2.23. The molecule has 22 heavy (non-hydrogen) atoms. The fourth-order valence-corrected chi connectivity index (χ4v) is 2.43. The molecular formula is C17H20BrN3O. The zero-order chi connectivity index (χ0) is 16.1. The molecule has 2 aromatic rings. The summed E-state index contributed by atoms with van der Waals surface area (Å²) in [6.45, 7) is 6.04. The maximum atomic E-state index is 12.1. The predicted octanol–water partition coefficient (Wildman–Crippen LogP) is 4.42. The van der Waals surface area contributed by atoms with Gasteiger partial charge in [-0.05, 0) is 56.2 Å². The van der Waals surface area contributed by atoms with E-state index in [-0.39, 0.29) is 11.9 Å². The van der Waals surface area contributed by atoms with Gasteiger partial charge in [-0.15, -0.1) is 0 Å². The summed E-state index contributed by atoms with van der Waals surface area (Å²) >= 11 is 3.45. The number of hydrogen-bond donors (Lipinski definition) is 2. The molecule has 0 radical (unpaired) electrons. The molecule has 116 valence electrons. The van der Waals surface area contributed by atoms with Crippen molar-refractivity contribution >= 4 is 33.2 Å². The van der Waals surface area contributed by atoms with Crippen molar-refractivity contribution < 1.29 is 4.79 Å². The molecule has 0 aliphatic carbocycles. The third kappa shape index (κ3) is 4.31. The maximum absolute atomic E-state index is 12.1. The van der Waals surface area contributed by atoms with Gasteiger partial charge in [-0.3, -0.25) is 9.78 Å². The molecule has 1 atom stereocenters. The molecule has 0 spiro atoms. The number of benzene rings is 1. The van der Waals surface area contributed by atoms with Gasteiger partial charge >= 0.3 is 0 Å². The largest absolute Gasteiger partial charge is 0.355 e. The predicted molar refractivity (Wildman–Crippen MR) is 93.6 cm³/mol. The van der Waals surface area contributed by atoms with Crippen LogP contribution >= 0.6 is 15.9 Å². The third-order valence-corrected chi connectivity index (χ3v) is 3.94. The summed E-state index contributed by atoms with van der Waals surface area (Å²) in [5.41, 5.74) is 3.38. The molecule has 4 nitrogen and oxygen atoms in total. The van der Waals surface area contributed by atoms with Crippen LogP contribution in [0, 0.1) is 6.92 Å². The van der Waals surface area contributed by atoms with Crippen LogP contribution in [-0.2, 0) is 0 Å². The van der Waals surface area contributed by atoms with E-state index in [1.807, 2.05) is 45.0 Å². The lowest BCUT2D eigenvalue weighted by Crippen LogP contribution is -2.32. The van der Waals surface area contributed by atoms with Gasteiger partial charge in [-0.1, -0.05) is 22.9 Å². The smallest absolute Gasteiger partial charge is 0.270 e. The maximum Gasteiger partial charge on any atom is 0.270 e. The summed E-state index contributed by atoms with van der Waals surface area (Å²) in [5.74, 6) is -0.148. The van der Waals surface area contributed by atoms with Crippen LogP contribution in [0.25, 0.3) is 0 Å². The topological polar surface area (TPSA) is 54.0 Å². The van der Waals surface area contributed by atoms with Gasteiger partial charge in [0.1, 0.15) is 5.69 Å². The van der Waals surface area contributed by atoms with Crippen molar-refractivity contribution in [3.63, 3.8) is 0 Å². The second-order valence-electron chi connectivity index (χ2n) is 5.30. The van der Waals surface area contributed by atoms with Crippen LogP contribution in [0.2, 0.25) is 0 Å². The average molecular weight is 362 g/mol. The first-order chi connectivity index (χ1) is 10.5. The van der Waals surface area contributed by atoms with Crippen LogP contribution in [0.5, 0.6) is 0 Å². The molecule has 0 fully saturated rings. The van der Waals surface area contributed by atoms with Gasteiger partial charge in [0.25, 0.3) is 5.91 Å². The van der Waals surface area contributed by atoms with E-state index in [0.29, 0.717) is 5.69 Å². The molecule has 0 saturated carbocycles. The van der Waals surface area contributed by atoms with Crippen LogP contribution in [0.4, 0.5) is 11.4 Å². The number of carbonyl (C=O) groups is 1. The summed E-state index contributed by atoms with van der Waals surface area (Å²) in [6, 6.07) is 9.77. The normalized spacial score (nSPS) is 11.8. The minimum absolute atomic E-state index is 0.139. The number of pyridine rings is 1. The molecule has 1 amide bonds. The van der Waals surface area contributed by atoms with Gasteiger partial charge in [0.2, 0.25) is 0 Å². The van der Waals surface area contributed by atoms with Crippen molar-refractivity contribution in [3.05, 3.63) is 52.3 Å². The number of rotatable bonds is 5. The molecule has 0 saturated heterocycles. The number of amides is 1. The Hall–Kier alpha value is -1.88. The van der Waals surface area contributed by atoms with Crippen molar-refractivity contribution in [1.29, 1.82) is 0 Å². The Morgan fingerprint density at radius 3 is 2.77 bits per heavy atom. The molecule has 5 heteroatoms. The van der Waals surface area contributed by atoms with Gasteiger partial charge < -0.3 is 10.6 Å². The van der Waals surface area contributed by atoms with Crippen LogP contribution in [-0.4, -0.2) is 16.9 Å². The van der Waals surface area contributed by atoms with Crippen LogP contribution < -0.4 is 10.6 Å². The Morgan fingerprint density at radius 1 is 1.32 bits per heavy atom. The van der Waals surface area contributed by atoms with Gasteiger partial charge in [0.05, 0.1) is 0 Å². The van der Waals surface area contributed by atoms with Crippen molar-refractivity contribution in [2.75, 3.05) is 5.32 Å². The molecule has 0 aliphatic heterocycles. The Bertz CT molecular complexity index is 673. The minimum Gasteiger partial charge on any atom is -0.355 e. The lowest BCUT2D eigenvalue weighted by molar-refractivity contribution is 0.0934. The first-order valence-corrected chi connectivity index (χ1v) is 8.09. The monoisotopic (exact) mass is 361 g/mol. The van der Waals surface area contributed by atoms with Crippen molar-refractivity contribution in [1.82, 2.24) is 10.3 Å². The Balaban J connectivity index is 2.16. The average Bonchev–Trinajstić information content (AvgIpc) is 2.50. The number of aromatic nitrogens is 1. The standard InChI is InChI=1S/C17H20BrN3O/c1-4-12(3)20-17(22)16-10-14(7-8-19-16)21-15-6-5-13(18)9-11(15)2/h5-10,12H,4H2,1-3H3,(H,19,21)(H,20,22). The van der Waals surface area contributed by atoms with Crippen LogP contribution in [0.15, 0.2) is 41.0 Å². The fraction of sp³-hybridized carbons (Fsp3) is 0.294. The highest BCUT2D eigenvalue weighted by atomic mass is 79.9. The van der Waals surface area contributed by atoms with Crippen molar-refractivity contribution in [2.24, 2.45) is 0 Å². The third-order valence-electron chi connectivity index (χ3n) is 3.45. The van der Waals surface area contributed by atoms with Gasteiger partial charge in [0, 0.05) is 28.1 Å². The van der Waals surface area contributed by atoms with Gasteiger partial charge in [-0.25, -0.2) is 0 Å². The Morgan fingerprint density at radius 2 is 2.09 bits per heavy atom. The van der Waals surface area contributed by atoms with E-state index in [9.17, 15) is 4.79 Å². The van der Waals surface area contributed by atoms with Crippen molar-refractivity contribution in [3.8, 4) is 0 Å². The minimum atomic E-state index is -0.148. The highest BCUT2D eigenvalue weighted by molar-refractivity contribution is 9.10. The van der Waals surface area contributed by atoms with E-state index in [1.165, 1.54) is 0 Å². The number of halogens is 1. The molecule has 1 unspecified atom stereocenters. The number of nitrogens with one attached hydrogen (secondary N) is 2. The molecule has 1 aromatic heterocycles. The van der Waals surface area contributed by atoms with Gasteiger partial charge in [-0.2, -0.15) is 0 Å². The second kappa shape index (κ2) is 7.40. The summed E-state index contributed by atoms with van der Waals surface area (Å²) in [6.07, 6.45) is 2.53. The number of hydrogen-bond acceptors (Lipinski definition) is 3. The van der Waals surface area contributed by atoms with Gasteiger partial charge in [0.15, 0.2) is 0 Å².